The van der Waals surface area contributed by atoms with Gasteiger partial charge >= 0.3 is 0 Å². The molecule has 2 rings (SSSR count). The van der Waals surface area contributed by atoms with E-state index in [4.69, 9.17) is 4.74 Å². The number of hydrogen-bond donors (Lipinski definition) is 1. The van der Waals surface area contributed by atoms with E-state index in [-0.39, 0.29) is 5.91 Å². The van der Waals surface area contributed by atoms with E-state index >= 15 is 0 Å². The third kappa shape index (κ3) is 6.27. The second-order valence-electron chi connectivity index (χ2n) is 5.64. The summed E-state index contributed by atoms with van der Waals surface area (Å²) in [5, 5.41) is 3.01. The molecule has 1 aliphatic rings. The summed E-state index contributed by atoms with van der Waals surface area (Å²) in [6, 6.07) is 8.38. The highest BCUT2D eigenvalue weighted by Crippen LogP contribution is 2.05. The van der Waals surface area contributed by atoms with Gasteiger partial charge in [0.15, 0.2) is 0 Å². The molecule has 21 heavy (non-hydrogen) atoms. The summed E-state index contributed by atoms with van der Waals surface area (Å²) >= 11 is 0. The molecule has 1 N–H and O–H groups in total. The fourth-order valence-corrected chi connectivity index (χ4v) is 2.46. The average Bonchev–Trinajstić information content (AvgIpc) is 2.52. The highest BCUT2D eigenvalue weighted by Gasteiger charge is 2.09. The summed E-state index contributed by atoms with van der Waals surface area (Å²) in [6.45, 7) is 7.59. The zero-order chi connectivity index (χ0) is 14.9. The quantitative estimate of drug-likeness (QED) is 0.778. The number of amides is 1. The fraction of sp³-hybridized carbons (Fsp3) is 0.588. The van der Waals surface area contributed by atoms with Crippen LogP contribution in [0.3, 0.4) is 0 Å². The van der Waals surface area contributed by atoms with Crippen LogP contribution in [-0.2, 0) is 16.0 Å². The summed E-state index contributed by atoms with van der Waals surface area (Å²) in [7, 11) is 0. The number of morpholine rings is 1. The van der Waals surface area contributed by atoms with Crippen molar-refractivity contribution in [3.05, 3.63) is 35.4 Å². The van der Waals surface area contributed by atoms with Crippen LogP contribution >= 0.6 is 0 Å². The third-order valence-corrected chi connectivity index (χ3v) is 3.84. The minimum Gasteiger partial charge on any atom is -0.379 e. The maximum Gasteiger partial charge on any atom is 0.220 e. The maximum atomic E-state index is 11.8. The van der Waals surface area contributed by atoms with Gasteiger partial charge in [-0.25, -0.2) is 0 Å². The van der Waals surface area contributed by atoms with Crippen LogP contribution in [0.2, 0.25) is 0 Å². The lowest BCUT2D eigenvalue weighted by molar-refractivity contribution is -0.121. The smallest absolute Gasteiger partial charge is 0.220 e. The predicted molar refractivity (Wildman–Crippen MR) is 84.4 cm³/mol. The molecule has 0 bridgehead atoms. The van der Waals surface area contributed by atoms with Crippen molar-refractivity contribution in [3.63, 3.8) is 0 Å². The van der Waals surface area contributed by atoms with Gasteiger partial charge in [-0.15, -0.1) is 0 Å². The Hall–Kier alpha value is -1.39. The van der Waals surface area contributed by atoms with E-state index in [1.165, 1.54) is 11.1 Å². The van der Waals surface area contributed by atoms with E-state index in [1.54, 1.807) is 0 Å². The van der Waals surface area contributed by atoms with E-state index < -0.39 is 0 Å². The molecule has 0 radical (unpaired) electrons. The summed E-state index contributed by atoms with van der Waals surface area (Å²) in [6.07, 6.45) is 2.40. The Balaban J connectivity index is 1.54. The van der Waals surface area contributed by atoms with Gasteiger partial charge in [-0.05, 0) is 31.9 Å². The van der Waals surface area contributed by atoms with Gasteiger partial charge in [0, 0.05) is 26.1 Å². The molecule has 1 aliphatic heterocycles. The summed E-state index contributed by atoms with van der Waals surface area (Å²) in [4.78, 5) is 14.2. The Labute approximate surface area is 127 Å². The van der Waals surface area contributed by atoms with Crippen molar-refractivity contribution in [1.29, 1.82) is 0 Å². The van der Waals surface area contributed by atoms with Crippen LogP contribution in [0.4, 0.5) is 0 Å². The number of ether oxygens (including phenoxy) is 1. The lowest BCUT2D eigenvalue weighted by atomic mass is 10.1. The highest BCUT2D eigenvalue weighted by atomic mass is 16.5. The molecule has 0 unspecified atom stereocenters. The number of nitrogens with zero attached hydrogens (tertiary/aromatic N) is 1. The standard InChI is InChI=1S/C17H26N2O2/c1-15-3-5-16(6-4-15)7-8-17(20)18-9-2-10-19-11-13-21-14-12-19/h3-6H,2,7-14H2,1H3,(H,18,20). The maximum absolute atomic E-state index is 11.8. The van der Waals surface area contributed by atoms with E-state index in [2.05, 4.69) is 41.4 Å². The van der Waals surface area contributed by atoms with Crippen molar-refractivity contribution in [3.8, 4) is 0 Å². The SMILES string of the molecule is Cc1ccc(CCC(=O)NCCCN2CCOCC2)cc1. The number of carbonyl (C=O) groups is 1. The second-order valence-corrected chi connectivity index (χ2v) is 5.64. The van der Waals surface area contributed by atoms with E-state index in [1.807, 2.05) is 0 Å². The van der Waals surface area contributed by atoms with Crippen molar-refractivity contribution in [2.45, 2.75) is 26.2 Å². The molecule has 1 aromatic rings. The van der Waals surface area contributed by atoms with Crippen LogP contribution in [0.5, 0.6) is 0 Å². The van der Waals surface area contributed by atoms with Gasteiger partial charge in [-0.1, -0.05) is 29.8 Å². The van der Waals surface area contributed by atoms with Crippen molar-refractivity contribution in [2.24, 2.45) is 0 Å². The first-order valence-corrected chi connectivity index (χ1v) is 7.86. The van der Waals surface area contributed by atoms with Crippen molar-refractivity contribution in [2.75, 3.05) is 39.4 Å². The molecule has 4 heteroatoms. The summed E-state index contributed by atoms with van der Waals surface area (Å²) < 4.78 is 5.31. The Kier molecular flexibility index (Phi) is 6.70. The van der Waals surface area contributed by atoms with Crippen molar-refractivity contribution >= 4 is 5.91 Å². The number of aryl methyl sites for hydroxylation is 2. The van der Waals surface area contributed by atoms with Crippen molar-refractivity contribution < 1.29 is 9.53 Å². The minimum absolute atomic E-state index is 0.151. The number of carbonyl (C=O) groups excluding carboxylic acids is 1. The van der Waals surface area contributed by atoms with Gasteiger partial charge in [0.05, 0.1) is 13.2 Å². The fourth-order valence-electron chi connectivity index (χ4n) is 2.46. The minimum atomic E-state index is 0.151. The first kappa shape index (κ1) is 16.0. The summed E-state index contributed by atoms with van der Waals surface area (Å²) in [5.41, 5.74) is 2.48. The van der Waals surface area contributed by atoms with Crippen LogP contribution in [0.15, 0.2) is 24.3 Å². The molecule has 4 nitrogen and oxygen atoms in total. The predicted octanol–water partition coefficient (Wildman–Crippen LogP) is 1.77. The van der Waals surface area contributed by atoms with E-state index in [9.17, 15) is 4.79 Å². The number of hydrogen-bond acceptors (Lipinski definition) is 3. The average molecular weight is 290 g/mol. The zero-order valence-electron chi connectivity index (χ0n) is 12.9. The monoisotopic (exact) mass is 290 g/mol. The van der Waals surface area contributed by atoms with Crippen LogP contribution < -0.4 is 5.32 Å². The molecule has 1 aromatic carbocycles. The molecule has 1 amide bonds. The Bertz CT molecular complexity index is 425. The van der Waals surface area contributed by atoms with E-state index in [0.717, 1.165) is 52.2 Å². The molecular formula is C17H26N2O2. The molecule has 116 valence electrons. The normalized spacial score (nSPS) is 15.9. The van der Waals surface area contributed by atoms with Gasteiger partial charge in [0.2, 0.25) is 5.91 Å². The molecule has 1 heterocycles. The highest BCUT2D eigenvalue weighted by molar-refractivity contribution is 5.76. The largest absolute Gasteiger partial charge is 0.379 e. The topological polar surface area (TPSA) is 41.6 Å². The van der Waals surface area contributed by atoms with Crippen LogP contribution in [0, 0.1) is 6.92 Å². The lowest BCUT2D eigenvalue weighted by Crippen LogP contribution is -2.38. The van der Waals surface area contributed by atoms with Crippen LogP contribution in [-0.4, -0.2) is 50.2 Å². The molecule has 1 fully saturated rings. The first-order valence-electron chi connectivity index (χ1n) is 7.86. The van der Waals surface area contributed by atoms with Crippen LogP contribution in [0.25, 0.3) is 0 Å². The molecule has 0 aromatic heterocycles. The zero-order valence-corrected chi connectivity index (χ0v) is 12.9. The summed E-state index contributed by atoms with van der Waals surface area (Å²) in [5.74, 6) is 0.151. The molecule has 1 saturated heterocycles. The molecular weight excluding hydrogens is 264 g/mol. The number of benzene rings is 1. The number of nitrogens with one attached hydrogen (secondary N) is 1. The molecule has 0 aliphatic carbocycles. The van der Waals surface area contributed by atoms with Gasteiger partial charge < -0.3 is 10.1 Å². The van der Waals surface area contributed by atoms with Crippen molar-refractivity contribution in [1.82, 2.24) is 10.2 Å². The van der Waals surface area contributed by atoms with Gasteiger partial charge in [-0.2, -0.15) is 0 Å². The lowest BCUT2D eigenvalue weighted by Gasteiger charge is -2.26. The van der Waals surface area contributed by atoms with Gasteiger partial charge in [0.1, 0.15) is 0 Å². The first-order chi connectivity index (χ1) is 10.2. The van der Waals surface area contributed by atoms with Crippen LogP contribution in [0.1, 0.15) is 24.0 Å². The van der Waals surface area contributed by atoms with Gasteiger partial charge in [-0.3, -0.25) is 9.69 Å². The van der Waals surface area contributed by atoms with E-state index in [0.29, 0.717) is 6.42 Å². The molecule has 0 atom stereocenters. The number of rotatable bonds is 7. The molecule has 0 spiro atoms. The Morgan fingerprint density at radius 2 is 1.95 bits per heavy atom. The molecule has 0 saturated carbocycles. The second kappa shape index (κ2) is 8.80. The van der Waals surface area contributed by atoms with Gasteiger partial charge in [0.25, 0.3) is 0 Å². The Morgan fingerprint density at radius 1 is 1.24 bits per heavy atom. The Morgan fingerprint density at radius 3 is 2.67 bits per heavy atom. The third-order valence-electron chi connectivity index (χ3n) is 3.84.